The van der Waals surface area contributed by atoms with Gasteiger partial charge in [0.05, 0.1) is 6.61 Å². The van der Waals surface area contributed by atoms with Crippen LogP contribution in [0.15, 0.2) is 48.8 Å². The molecule has 0 aliphatic heterocycles. The van der Waals surface area contributed by atoms with Gasteiger partial charge in [0.25, 0.3) is 0 Å². The molecule has 0 bridgehead atoms. The number of hydrogen-bond acceptors (Lipinski definition) is 3. The summed E-state index contributed by atoms with van der Waals surface area (Å²) in [6.07, 6.45) is 4.52. The summed E-state index contributed by atoms with van der Waals surface area (Å²) in [7, 11) is 1.94. The molecule has 1 N–H and O–H groups in total. The first-order valence-electron chi connectivity index (χ1n) is 6.14. The Balaban J connectivity index is 1.80. The molecule has 1 aromatic carbocycles. The Morgan fingerprint density at radius 1 is 1.00 bits per heavy atom. The van der Waals surface area contributed by atoms with Gasteiger partial charge in [0, 0.05) is 25.4 Å². The first kappa shape index (κ1) is 12.6. The Labute approximate surface area is 108 Å². The lowest BCUT2D eigenvalue weighted by molar-refractivity contribution is 0.322. The highest BCUT2D eigenvalue weighted by molar-refractivity contribution is 5.27. The van der Waals surface area contributed by atoms with Crippen LogP contribution in [0, 0.1) is 0 Å². The van der Waals surface area contributed by atoms with Gasteiger partial charge in [-0.3, -0.25) is 4.98 Å². The van der Waals surface area contributed by atoms with Crippen LogP contribution in [0.4, 0.5) is 0 Å². The van der Waals surface area contributed by atoms with Crippen molar-refractivity contribution >= 4 is 0 Å². The van der Waals surface area contributed by atoms with E-state index in [9.17, 15) is 0 Å². The molecular formula is C15H18N2O. The normalized spacial score (nSPS) is 10.3. The van der Waals surface area contributed by atoms with E-state index in [1.54, 1.807) is 0 Å². The molecule has 3 nitrogen and oxygen atoms in total. The lowest BCUT2D eigenvalue weighted by atomic mass is 10.2. The molecule has 0 spiro atoms. The molecule has 2 aromatic rings. The number of benzene rings is 1. The molecule has 0 amide bonds. The van der Waals surface area contributed by atoms with E-state index in [1.165, 1.54) is 11.1 Å². The number of nitrogens with one attached hydrogen (secondary N) is 1. The average molecular weight is 242 g/mol. The van der Waals surface area contributed by atoms with E-state index in [2.05, 4.69) is 22.4 Å². The van der Waals surface area contributed by atoms with Gasteiger partial charge in [0.1, 0.15) is 5.75 Å². The molecule has 0 saturated carbocycles. The summed E-state index contributed by atoms with van der Waals surface area (Å²) in [5.74, 6) is 0.920. The first-order chi connectivity index (χ1) is 8.88. The van der Waals surface area contributed by atoms with Crippen LogP contribution in [0.5, 0.6) is 5.75 Å². The van der Waals surface area contributed by atoms with Gasteiger partial charge in [0.2, 0.25) is 0 Å². The molecule has 0 aliphatic rings. The van der Waals surface area contributed by atoms with E-state index in [0.29, 0.717) is 6.61 Å². The summed E-state index contributed by atoms with van der Waals surface area (Å²) in [5.41, 5.74) is 2.51. The molecule has 0 saturated heterocycles. The standard InChI is InChI=1S/C15H18N2O/c1-16-12-14-2-4-15(5-3-14)18-11-8-13-6-9-17-10-7-13/h2-7,9-10,16H,8,11-12H2,1H3. The van der Waals surface area contributed by atoms with E-state index in [4.69, 9.17) is 4.74 Å². The van der Waals surface area contributed by atoms with Crippen LogP contribution in [-0.4, -0.2) is 18.6 Å². The van der Waals surface area contributed by atoms with Crippen molar-refractivity contribution in [1.29, 1.82) is 0 Å². The molecule has 0 unspecified atom stereocenters. The van der Waals surface area contributed by atoms with Gasteiger partial charge in [-0.25, -0.2) is 0 Å². The highest BCUT2D eigenvalue weighted by atomic mass is 16.5. The lowest BCUT2D eigenvalue weighted by Crippen LogP contribution is -2.05. The molecule has 0 radical (unpaired) electrons. The van der Waals surface area contributed by atoms with Crippen LogP contribution in [-0.2, 0) is 13.0 Å². The second-order valence-electron chi connectivity index (χ2n) is 4.13. The van der Waals surface area contributed by atoms with Crippen molar-refractivity contribution < 1.29 is 4.74 Å². The summed E-state index contributed by atoms with van der Waals surface area (Å²) in [6.45, 7) is 1.58. The molecular weight excluding hydrogens is 224 g/mol. The lowest BCUT2D eigenvalue weighted by Gasteiger charge is -2.07. The fraction of sp³-hybridized carbons (Fsp3) is 0.267. The van der Waals surface area contributed by atoms with E-state index in [1.807, 2.05) is 43.7 Å². The molecule has 2 rings (SSSR count). The Kier molecular flexibility index (Phi) is 4.73. The monoisotopic (exact) mass is 242 g/mol. The van der Waals surface area contributed by atoms with E-state index in [-0.39, 0.29) is 0 Å². The summed E-state index contributed by atoms with van der Waals surface area (Å²) in [5, 5.41) is 3.12. The third-order valence-electron chi connectivity index (χ3n) is 2.71. The minimum Gasteiger partial charge on any atom is -0.493 e. The largest absolute Gasteiger partial charge is 0.493 e. The zero-order valence-electron chi connectivity index (χ0n) is 10.6. The van der Waals surface area contributed by atoms with Crippen LogP contribution in [0.1, 0.15) is 11.1 Å². The zero-order valence-corrected chi connectivity index (χ0v) is 10.6. The van der Waals surface area contributed by atoms with Crippen LogP contribution in [0.3, 0.4) is 0 Å². The van der Waals surface area contributed by atoms with Crippen molar-refractivity contribution in [2.45, 2.75) is 13.0 Å². The molecule has 1 heterocycles. The number of ether oxygens (including phenoxy) is 1. The maximum Gasteiger partial charge on any atom is 0.119 e. The Bertz CT molecular complexity index is 454. The minimum absolute atomic E-state index is 0.690. The van der Waals surface area contributed by atoms with Crippen molar-refractivity contribution in [3.05, 3.63) is 59.9 Å². The second-order valence-corrected chi connectivity index (χ2v) is 4.13. The minimum atomic E-state index is 0.690. The highest BCUT2D eigenvalue weighted by Gasteiger charge is 1.96. The van der Waals surface area contributed by atoms with Gasteiger partial charge < -0.3 is 10.1 Å². The fourth-order valence-corrected chi connectivity index (χ4v) is 1.74. The zero-order chi connectivity index (χ0) is 12.6. The number of nitrogens with zero attached hydrogens (tertiary/aromatic N) is 1. The third kappa shape index (κ3) is 3.86. The summed E-state index contributed by atoms with van der Waals surface area (Å²) in [4.78, 5) is 3.99. The quantitative estimate of drug-likeness (QED) is 0.844. The molecule has 3 heteroatoms. The Hall–Kier alpha value is -1.87. The summed E-state index contributed by atoms with van der Waals surface area (Å²) in [6, 6.07) is 12.2. The summed E-state index contributed by atoms with van der Waals surface area (Å²) >= 11 is 0. The van der Waals surface area contributed by atoms with E-state index < -0.39 is 0 Å². The second kappa shape index (κ2) is 6.77. The Morgan fingerprint density at radius 3 is 2.39 bits per heavy atom. The Morgan fingerprint density at radius 2 is 1.72 bits per heavy atom. The topological polar surface area (TPSA) is 34.1 Å². The predicted octanol–water partition coefficient (Wildman–Crippen LogP) is 2.42. The number of aromatic nitrogens is 1. The van der Waals surface area contributed by atoms with Crippen molar-refractivity contribution in [3.63, 3.8) is 0 Å². The maximum absolute atomic E-state index is 5.70. The smallest absolute Gasteiger partial charge is 0.119 e. The van der Waals surface area contributed by atoms with Gasteiger partial charge in [-0.15, -0.1) is 0 Å². The molecule has 0 fully saturated rings. The van der Waals surface area contributed by atoms with Crippen LogP contribution in [0.25, 0.3) is 0 Å². The molecule has 0 atom stereocenters. The van der Waals surface area contributed by atoms with E-state index in [0.717, 1.165) is 18.7 Å². The predicted molar refractivity (Wildman–Crippen MR) is 72.6 cm³/mol. The molecule has 0 aliphatic carbocycles. The molecule has 1 aromatic heterocycles. The van der Waals surface area contributed by atoms with E-state index >= 15 is 0 Å². The van der Waals surface area contributed by atoms with Crippen LogP contribution >= 0.6 is 0 Å². The summed E-state index contributed by atoms with van der Waals surface area (Å²) < 4.78 is 5.70. The highest BCUT2D eigenvalue weighted by Crippen LogP contribution is 2.12. The van der Waals surface area contributed by atoms with Gasteiger partial charge in [-0.1, -0.05) is 12.1 Å². The van der Waals surface area contributed by atoms with Gasteiger partial charge >= 0.3 is 0 Å². The van der Waals surface area contributed by atoms with Gasteiger partial charge in [-0.2, -0.15) is 0 Å². The van der Waals surface area contributed by atoms with Gasteiger partial charge in [0.15, 0.2) is 0 Å². The maximum atomic E-state index is 5.70. The van der Waals surface area contributed by atoms with Crippen molar-refractivity contribution in [2.75, 3.05) is 13.7 Å². The fourth-order valence-electron chi connectivity index (χ4n) is 1.74. The van der Waals surface area contributed by atoms with Crippen LogP contribution < -0.4 is 10.1 Å². The first-order valence-corrected chi connectivity index (χ1v) is 6.14. The average Bonchev–Trinajstić information content (AvgIpc) is 2.42. The van der Waals surface area contributed by atoms with Crippen molar-refractivity contribution in [1.82, 2.24) is 10.3 Å². The number of hydrogen-bond donors (Lipinski definition) is 1. The molecule has 94 valence electrons. The van der Waals surface area contributed by atoms with Crippen LogP contribution in [0.2, 0.25) is 0 Å². The SMILES string of the molecule is CNCc1ccc(OCCc2ccncc2)cc1. The van der Waals surface area contributed by atoms with Crippen molar-refractivity contribution in [2.24, 2.45) is 0 Å². The third-order valence-corrected chi connectivity index (χ3v) is 2.71. The number of rotatable bonds is 6. The molecule has 18 heavy (non-hydrogen) atoms. The van der Waals surface area contributed by atoms with Crippen molar-refractivity contribution in [3.8, 4) is 5.75 Å². The number of pyridine rings is 1. The van der Waals surface area contributed by atoms with Gasteiger partial charge in [-0.05, 0) is 42.4 Å².